The van der Waals surface area contributed by atoms with Crippen molar-refractivity contribution in [2.45, 2.75) is 25.8 Å². The largest absolute Gasteiger partial charge is 0.345 e. The van der Waals surface area contributed by atoms with E-state index in [-0.39, 0.29) is 0 Å². The summed E-state index contributed by atoms with van der Waals surface area (Å²) >= 11 is 0. The van der Waals surface area contributed by atoms with Gasteiger partial charge in [-0.15, -0.1) is 0 Å². The second-order valence-electron chi connectivity index (χ2n) is 7.48. The van der Waals surface area contributed by atoms with Gasteiger partial charge in [0, 0.05) is 36.6 Å². The number of likely N-dealkylation sites (tertiary alicyclic amines) is 1. The highest BCUT2D eigenvalue weighted by molar-refractivity contribution is 5.94. The van der Waals surface area contributed by atoms with Crippen LogP contribution in [0, 0.1) is 0 Å². The zero-order chi connectivity index (χ0) is 18.8. The Morgan fingerprint density at radius 3 is 2.54 bits per heavy atom. The topological polar surface area (TPSA) is 47.1 Å². The van der Waals surface area contributed by atoms with E-state index in [9.17, 15) is 0 Å². The van der Waals surface area contributed by atoms with Crippen molar-refractivity contribution < 1.29 is 4.52 Å². The van der Waals surface area contributed by atoms with E-state index in [1.165, 1.54) is 42.4 Å². The first kappa shape index (κ1) is 17.2. The summed E-state index contributed by atoms with van der Waals surface area (Å²) in [5.74, 6) is 1.32. The third kappa shape index (κ3) is 3.45. The normalized spacial score (nSPS) is 14.9. The van der Waals surface area contributed by atoms with E-state index in [1.807, 2.05) is 18.2 Å². The second kappa shape index (κ2) is 7.60. The summed E-state index contributed by atoms with van der Waals surface area (Å²) < 4.78 is 7.96. The quantitative estimate of drug-likeness (QED) is 0.504. The van der Waals surface area contributed by atoms with Crippen LogP contribution in [0.4, 0.5) is 0 Å². The molecule has 0 unspecified atom stereocenters. The lowest BCUT2D eigenvalue weighted by Crippen LogP contribution is -2.23. The summed E-state index contributed by atoms with van der Waals surface area (Å²) in [7, 11) is 0. The number of benzene rings is 2. The highest BCUT2D eigenvalue weighted by Crippen LogP contribution is 2.30. The standard InChI is InChI=1S/C23H24N4O/c1-2-8-18(9-3-1)16-22-24-23(28-25-22)20-17-27(15-14-26-12-6-7-13-26)21-11-5-4-10-19(20)21/h1-5,8-11,17H,6-7,12-16H2. The smallest absolute Gasteiger partial charge is 0.260 e. The van der Waals surface area contributed by atoms with Gasteiger partial charge in [0.1, 0.15) is 0 Å². The summed E-state index contributed by atoms with van der Waals surface area (Å²) in [6.07, 6.45) is 5.49. The van der Waals surface area contributed by atoms with Gasteiger partial charge >= 0.3 is 0 Å². The molecule has 1 saturated heterocycles. The van der Waals surface area contributed by atoms with Crippen LogP contribution in [0.5, 0.6) is 0 Å². The maximum atomic E-state index is 5.64. The molecule has 0 N–H and O–H groups in total. The van der Waals surface area contributed by atoms with E-state index >= 15 is 0 Å². The average Bonchev–Trinajstić information content (AvgIpc) is 3.47. The Hall–Kier alpha value is -2.92. The molecule has 0 amide bonds. The van der Waals surface area contributed by atoms with Gasteiger partial charge in [0.25, 0.3) is 5.89 Å². The summed E-state index contributed by atoms with van der Waals surface area (Å²) in [5.41, 5.74) is 3.42. The number of fused-ring (bicyclic) bond motifs is 1. The van der Waals surface area contributed by atoms with E-state index < -0.39 is 0 Å². The molecule has 2 aromatic carbocycles. The molecule has 0 aliphatic carbocycles. The van der Waals surface area contributed by atoms with E-state index in [2.05, 4.69) is 62.2 Å². The molecule has 2 aromatic heterocycles. The minimum absolute atomic E-state index is 0.599. The molecule has 0 spiro atoms. The number of hydrogen-bond acceptors (Lipinski definition) is 4. The van der Waals surface area contributed by atoms with Crippen LogP contribution in [0.1, 0.15) is 24.2 Å². The van der Waals surface area contributed by atoms with Crippen LogP contribution < -0.4 is 0 Å². The van der Waals surface area contributed by atoms with E-state index in [0.717, 1.165) is 24.5 Å². The molecule has 0 bridgehead atoms. The Morgan fingerprint density at radius 1 is 0.893 bits per heavy atom. The van der Waals surface area contributed by atoms with Crippen molar-refractivity contribution in [3.8, 4) is 11.5 Å². The van der Waals surface area contributed by atoms with Crippen molar-refractivity contribution in [2.24, 2.45) is 0 Å². The first-order valence-electron chi connectivity index (χ1n) is 10.0. The van der Waals surface area contributed by atoms with Gasteiger partial charge in [-0.05, 0) is 37.6 Å². The summed E-state index contributed by atoms with van der Waals surface area (Å²) in [6.45, 7) is 4.50. The summed E-state index contributed by atoms with van der Waals surface area (Å²) in [6, 6.07) is 18.7. The molecule has 3 heterocycles. The van der Waals surface area contributed by atoms with Crippen LogP contribution in [0.15, 0.2) is 65.3 Å². The molecule has 5 nitrogen and oxygen atoms in total. The molecule has 28 heavy (non-hydrogen) atoms. The number of para-hydroxylation sites is 1. The lowest BCUT2D eigenvalue weighted by molar-refractivity contribution is 0.324. The monoisotopic (exact) mass is 372 g/mol. The van der Waals surface area contributed by atoms with E-state index in [0.29, 0.717) is 12.3 Å². The number of hydrogen-bond donors (Lipinski definition) is 0. The molecular weight excluding hydrogens is 348 g/mol. The Kier molecular flexibility index (Phi) is 4.67. The van der Waals surface area contributed by atoms with Gasteiger partial charge in [0.15, 0.2) is 5.82 Å². The molecular formula is C23H24N4O. The third-order valence-electron chi connectivity index (χ3n) is 5.55. The fraction of sp³-hybridized carbons (Fsp3) is 0.304. The van der Waals surface area contributed by atoms with Gasteiger partial charge in [-0.1, -0.05) is 53.7 Å². The van der Waals surface area contributed by atoms with Crippen LogP contribution in [0.25, 0.3) is 22.4 Å². The lowest BCUT2D eigenvalue weighted by atomic mass is 10.1. The fourth-order valence-corrected chi connectivity index (χ4v) is 4.07. The van der Waals surface area contributed by atoms with E-state index in [4.69, 9.17) is 4.52 Å². The predicted octanol–water partition coefficient (Wildman–Crippen LogP) is 4.38. The van der Waals surface area contributed by atoms with Crippen molar-refractivity contribution in [1.29, 1.82) is 0 Å². The van der Waals surface area contributed by atoms with Gasteiger partial charge in [-0.3, -0.25) is 0 Å². The van der Waals surface area contributed by atoms with Crippen molar-refractivity contribution in [3.63, 3.8) is 0 Å². The Bertz CT molecular complexity index is 1060. The van der Waals surface area contributed by atoms with Crippen LogP contribution in [0.3, 0.4) is 0 Å². The molecule has 1 aliphatic rings. The van der Waals surface area contributed by atoms with Gasteiger partial charge in [-0.25, -0.2) is 0 Å². The van der Waals surface area contributed by atoms with Crippen LogP contribution in [-0.2, 0) is 13.0 Å². The first-order chi connectivity index (χ1) is 13.9. The highest BCUT2D eigenvalue weighted by Gasteiger charge is 2.17. The molecule has 0 radical (unpaired) electrons. The van der Waals surface area contributed by atoms with Gasteiger partial charge in [0.2, 0.25) is 0 Å². The molecule has 0 atom stereocenters. The van der Waals surface area contributed by atoms with Gasteiger partial charge in [-0.2, -0.15) is 4.98 Å². The zero-order valence-electron chi connectivity index (χ0n) is 15.9. The van der Waals surface area contributed by atoms with Crippen LogP contribution in [0.2, 0.25) is 0 Å². The van der Waals surface area contributed by atoms with Gasteiger partial charge < -0.3 is 14.0 Å². The Balaban J connectivity index is 1.42. The first-order valence-corrected chi connectivity index (χ1v) is 10.0. The maximum absolute atomic E-state index is 5.64. The summed E-state index contributed by atoms with van der Waals surface area (Å²) in [5, 5.41) is 5.37. The molecule has 1 fully saturated rings. The molecule has 1 aliphatic heterocycles. The van der Waals surface area contributed by atoms with Crippen molar-refractivity contribution in [1.82, 2.24) is 19.6 Å². The van der Waals surface area contributed by atoms with E-state index in [1.54, 1.807) is 0 Å². The van der Waals surface area contributed by atoms with Gasteiger partial charge in [0.05, 0.1) is 5.56 Å². The lowest BCUT2D eigenvalue weighted by Gasteiger charge is -2.15. The highest BCUT2D eigenvalue weighted by atomic mass is 16.5. The van der Waals surface area contributed by atoms with Crippen LogP contribution >= 0.6 is 0 Å². The number of rotatable bonds is 6. The Morgan fingerprint density at radius 2 is 1.68 bits per heavy atom. The molecule has 0 saturated carbocycles. The van der Waals surface area contributed by atoms with Crippen LogP contribution in [-0.4, -0.2) is 39.2 Å². The number of nitrogens with zero attached hydrogens (tertiary/aromatic N) is 4. The van der Waals surface area contributed by atoms with Crippen molar-refractivity contribution >= 4 is 10.9 Å². The molecule has 5 rings (SSSR count). The van der Waals surface area contributed by atoms with Crippen molar-refractivity contribution in [3.05, 3.63) is 72.2 Å². The Labute approximate surface area is 164 Å². The fourth-order valence-electron chi connectivity index (χ4n) is 4.07. The second-order valence-corrected chi connectivity index (χ2v) is 7.48. The third-order valence-corrected chi connectivity index (χ3v) is 5.55. The predicted molar refractivity (Wildman–Crippen MR) is 110 cm³/mol. The minimum Gasteiger partial charge on any atom is -0.345 e. The number of aromatic nitrogens is 3. The molecule has 5 heteroatoms. The molecule has 4 aromatic rings. The summed E-state index contributed by atoms with van der Waals surface area (Å²) in [4.78, 5) is 7.22. The van der Waals surface area contributed by atoms with Crippen molar-refractivity contribution in [2.75, 3.05) is 19.6 Å². The molecule has 142 valence electrons. The maximum Gasteiger partial charge on any atom is 0.260 e. The minimum atomic E-state index is 0.599. The zero-order valence-corrected chi connectivity index (χ0v) is 15.9. The SMILES string of the molecule is c1ccc(Cc2noc(-c3cn(CCN4CCCC4)c4ccccc34)n2)cc1. The average molecular weight is 372 g/mol.